The lowest BCUT2D eigenvalue weighted by Gasteiger charge is -2.22. The van der Waals surface area contributed by atoms with Gasteiger partial charge in [0, 0.05) is 25.6 Å². The van der Waals surface area contributed by atoms with E-state index in [9.17, 15) is 9.18 Å². The monoisotopic (exact) mass is 280 g/mol. The summed E-state index contributed by atoms with van der Waals surface area (Å²) in [4.78, 5) is 13.7. The molecule has 1 rings (SSSR count). The van der Waals surface area contributed by atoms with Crippen LogP contribution in [0.1, 0.15) is 32.3 Å². The van der Waals surface area contributed by atoms with Crippen LogP contribution in [0, 0.1) is 17.7 Å². The van der Waals surface area contributed by atoms with Crippen molar-refractivity contribution in [3.8, 4) is 0 Å². The number of nitrogens with two attached hydrogens (primary N) is 1. The summed E-state index contributed by atoms with van der Waals surface area (Å²) in [6, 6.07) is 6.54. The smallest absolute Gasteiger partial charge is 0.222 e. The molecule has 0 saturated carbocycles. The largest absolute Gasteiger partial charge is 0.341 e. The van der Waals surface area contributed by atoms with Gasteiger partial charge >= 0.3 is 0 Å². The zero-order valence-electron chi connectivity index (χ0n) is 12.6. The van der Waals surface area contributed by atoms with E-state index in [1.54, 1.807) is 30.1 Å². The van der Waals surface area contributed by atoms with Crippen LogP contribution in [0.3, 0.4) is 0 Å². The highest BCUT2D eigenvalue weighted by Crippen LogP contribution is 2.16. The summed E-state index contributed by atoms with van der Waals surface area (Å²) in [5, 5.41) is 0. The number of rotatable bonds is 7. The highest BCUT2D eigenvalue weighted by Gasteiger charge is 2.17. The Bertz CT molecular complexity index is 434. The van der Waals surface area contributed by atoms with Crippen molar-refractivity contribution in [2.24, 2.45) is 17.6 Å². The summed E-state index contributed by atoms with van der Waals surface area (Å²) in [5.74, 6) is 0.466. The molecule has 3 nitrogen and oxygen atoms in total. The molecule has 0 aliphatic carbocycles. The highest BCUT2D eigenvalue weighted by molar-refractivity contribution is 5.76. The lowest BCUT2D eigenvalue weighted by Crippen LogP contribution is -2.30. The first-order valence-corrected chi connectivity index (χ1v) is 7.11. The molecular formula is C16H25FN2O. The second kappa shape index (κ2) is 8.00. The van der Waals surface area contributed by atoms with E-state index in [0.717, 1.165) is 6.42 Å². The highest BCUT2D eigenvalue weighted by atomic mass is 19.1. The fraction of sp³-hybridized carbons (Fsp3) is 0.562. The van der Waals surface area contributed by atoms with Crippen molar-refractivity contribution in [1.29, 1.82) is 0 Å². The van der Waals surface area contributed by atoms with Gasteiger partial charge < -0.3 is 10.6 Å². The molecule has 1 aromatic rings. The normalized spacial score (nSPS) is 12.5. The molecule has 0 spiro atoms. The molecule has 2 N–H and O–H groups in total. The molecule has 0 aliphatic rings. The molecule has 4 heteroatoms. The quantitative estimate of drug-likeness (QED) is 0.835. The fourth-order valence-corrected chi connectivity index (χ4v) is 2.30. The predicted molar refractivity (Wildman–Crippen MR) is 79.5 cm³/mol. The maximum Gasteiger partial charge on any atom is 0.222 e. The number of hydrogen-bond acceptors (Lipinski definition) is 2. The summed E-state index contributed by atoms with van der Waals surface area (Å²) in [6.07, 6.45) is 1.37. The summed E-state index contributed by atoms with van der Waals surface area (Å²) < 4.78 is 13.6. The second-order valence-electron chi connectivity index (χ2n) is 5.78. The fourth-order valence-electron chi connectivity index (χ4n) is 2.30. The number of hydrogen-bond donors (Lipinski definition) is 1. The topological polar surface area (TPSA) is 46.3 Å². The van der Waals surface area contributed by atoms with Crippen LogP contribution in [-0.4, -0.2) is 24.4 Å². The molecule has 1 unspecified atom stereocenters. The van der Waals surface area contributed by atoms with Crippen LogP contribution in [0.15, 0.2) is 24.3 Å². The van der Waals surface area contributed by atoms with Gasteiger partial charge in [-0.25, -0.2) is 4.39 Å². The van der Waals surface area contributed by atoms with E-state index in [4.69, 9.17) is 5.73 Å². The number of carbonyl (C=O) groups is 1. The van der Waals surface area contributed by atoms with Crippen LogP contribution in [0.25, 0.3) is 0 Å². The first kappa shape index (κ1) is 16.6. The Balaban J connectivity index is 2.56. The third-order valence-corrected chi connectivity index (χ3v) is 3.39. The first-order valence-electron chi connectivity index (χ1n) is 7.11. The minimum atomic E-state index is -0.273. The summed E-state index contributed by atoms with van der Waals surface area (Å²) >= 11 is 0. The molecular weight excluding hydrogens is 255 g/mol. The Morgan fingerprint density at radius 1 is 1.35 bits per heavy atom. The lowest BCUT2D eigenvalue weighted by molar-refractivity contribution is -0.131. The zero-order chi connectivity index (χ0) is 15.1. The molecule has 1 atom stereocenters. The van der Waals surface area contributed by atoms with Gasteiger partial charge in [0.2, 0.25) is 5.91 Å². The van der Waals surface area contributed by atoms with Crippen molar-refractivity contribution in [2.75, 3.05) is 13.6 Å². The average Bonchev–Trinajstić information content (AvgIpc) is 2.39. The van der Waals surface area contributed by atoms with Gasteiger partial charge in [0.1, 0.15) is 5.82 Å². The Hall–Kier alpha value is -1.42. The van der Waals surface area contributed by atoms with Crippen molar-refractivity contribution in [1.82, 2.24) is 4.90 Å². The van der Waals surface area contributed by atoms with E-state index < -0.39 is 0 Å². The van der Waals surface area contributed by atoms with Crippen LogP contribution >= 0.6 is 0 Å². The van der Waals surface area contributed by atoms with Gasteiger partial charge in [0.15, 0.2) is 0 Å². The first-order chi connectivity index (χ1) is 9.43. The standard InChI is InChI=1S/C16H25FN2O/c1-12(2)8-13(10-18)9-16(20)19(3)11-14-6-4-5-7-15(14)17/h4-7,12-13H,8-11,18H2,1-3H3. The van der Waals surface area contributed by atoms with E-state index in [0.29, 0.717) is 31.0 Å². The van der Waals surface area contributed by atoms with E-state index >= 15 is 0 Å². The summed E-state index contributed by atoms with van der Waals surface area (Å²) in [7, 11) is 1.71. The number of halogens is 1. The summed E-state index contributed by atoms with van der Waals surface area (Å²) in [6.45, 7) is 5.05. The molecule has 0 saturated heterocycles. The van der Waals surface area contributed by atoms with Crippen molar-refractivity contribution in [3.05, 3.63) is 35.6 Å². The van der Waals surface area contributed by atoms with Gasteiger partial charge in [-0.05, 0) is 30.9 Å². The maximum atomic E-state index is 13.6. The van der Waals surface area contributed by atoms with Crippen LogP contribution in [0.5, 0.6) is 0 Å². The van der Waals surface area contributed by atoms with Gasteiger partial charge in [-0.3, -0.25) is 4.79 Å². The molecule has 20 heavy (non-hydrogen) atoms. The van der Waals surface area contributed by atoms with E-state index in [2.05, 4.69) is 13.8 Å². The lowest BCUT2D eigenvalue weighted by atomic mass is 9.94. The Labute approximate surface area is 121 Å². The molecule has 0 heterocycles. The summed E-state index contributed by atoms with van der Waals surface area (Å²) in [5.41, 5.74) is 6.25. The second-order valence-corrected chi connectivity index (χ2v) is 5.78. The van der Waals surface area contributed by atoms with Gasteiger partial charge in [0.25, 0.3) is 0 Å². The van der Waals surface area contributed by atoms with Crippen molar-refractivity contribution in [2.45, 2.75) is 33.2 Å². The molecule has 0 aliphatic heterocycles. The molecule has 0 radical (unpaired) electrons. The van der Waals surface area contributed by atoms with Gasteiger partial charge in [0.05, 0.1) is 0 Å². The number of benzene rings is 1. The molecule has 112 valence electrons. The number of nitrogens with zero attached hydrogens (tertiary/aromatic N) is 1. The number of amides is 1. The van der Waals surface area contributed by atoms with Gasteiger partial charge in [-0.1, -0.05) is 32.0 Å². The zero-order valence-corrected chi connectivity index (χ0v) is 12.6. The van der Waals surface area contributed by atoms with Gasteiger partial charge in [-0.15, -0.1) is 0 Å². The minimum Gasteiger partial charge on any atom is -0.341 e. The Kier molecular flexibility index (Phi) is 6.65. The number of carbonyl (C=O) groups excluding carboxylic acids is 1. The minimum absolute atomic E-state index is 0.0179. The van der Waals surface area contributed by atoms with Crippen molar-refractivity contribution < 1.29 is 9.18 Å². The van der Waals surface area contributed by atoms with Crippen LogP contribution in [-0.2, 0) is 11.3 Å². The maximum absolute atomic E-state index is 13.6. The van der Waals surface area contributed by atoms with Gasteiger partial charge in [-0.2, -0.15) is 0 Å². The molecule has 0 aromatic heterocycles. The van der Waals surface area contributed by atoms with Crippen molar-refractivity contribution in [3.63, 3.8) is 0 Å². The Morgan fingerprint density at radius 3 is 2.55 bits per heavy atom. The SMILES string of the molecule is CC(C)CC(CN)CC(=O)N(C)Cc1ccccc1F. The third kappa shape index (κ3) is 5.29. The average molecular weight is 280 g/mol. The molecule has 0 bridgehead atoms. The van der Waals surface area contributed by atoms with Crippen LogP contribution < -0.4 is 5.73 Å². The predicted octanol–water partition coefficient (Wildman–Crippen LogP) is 2.80. The van der Waals surface area contributed by atoms with E-state index in [-0.39, 0.29) is 17.6 Å². The van der Waals surface area contributed by atoms with E-state index in [1.807, 2.05) is 0 Å². The van der Waals surface area contributed by atoms with Crippen LogP contribution in [0.2, 0.25) is 0 Å². The third-order valence-electron chi connectivity index (χ3n) is 3.39. The molecule has 1 amide bonds. The van der Waals surface area contributed by atoms with E-state index in [1.165, 1.54) is 6.07 Å². The molecule has 1 aromatic carbocycles. The molecule has 0 fully saturated rings. The Morgan fingerprint density at radius 2 is 2.00 bits per heavy atom. The van der Waals surface area contributed by atoms with Crippen molar-refractivity contribution >= 4 is 5.91 Å². The van der Waals surface area contributed by atoms with Crippen LogP contribution in [0.4, 0.5) is 4.39 Å².